The smallest absolute Gasteiger partial charge is 0.185 e. The highest BCUT2D eigenvalue weighted by molar-refractivity contribution is 5.96. The van der Waals surface area contributed by atoms with Crippen molar-refractivity contribution < 1.29 is 9.90 Å². The highest BCUT2D eigenvalue weighted by Crippen LogP contribution is 2.26. The van der Waals surface area contributed by atoms with Crippen LogP contribution in [0.3, 0.4) is 0 Å². The number of ketones is 1. The van der Waals surface area contributed by atoms with Crippen molar-refractivity contribution in [2.75, 3.05) is 13.2 Å². The largest absolute Gasteiger partial charge is 0.395 e. The molecule has 5 heteroatoms. The first kappa shape index (κ1) is 19.4. The summed E-state index contributed by atoms with van der Waals surface area (Å²) in [6.45, 7) is 1.17. The molecule has 0 atom stereocenters. The van der Waals surface area contributed by atoms with Gasteiger partial charge in [-0.2, -0.15) is 5.26 Å². The van der Waals surface area contributed by atoms with E-state index in [1.807, 2.05) is 54.6 Å². The van der Waals surface area contributed by atoms with Crippen LogP contribution in [0.25, 0.3) is 11.1 Å². The molecule has 0 aliphatic heterocycles. The number of aromatic nitrogens is 1. The average Bonchev–Trinajstić information content (AvgIpc) is 2.75. The van der Waals surface area contributed by atoms with Crippen molar-refractivity contribution in [3.05, 3.63) is 89.2 Å². The van der Waals surface area contributed by atoms with E-state index in [4.69, 9.17) is 5.11 Å². The van der Waals surface area contributed by atoms with Gasteiger partial charge in [0, 0.05) is 25.7 Å². The van der Waals surface area contributed by atoms with Crippen molar-refractivity contribution in [2.24, 2.45) is 0 Å². The van der Waals surface area contributed by atoms with Gasteiger partial charge in [0.25, 0.3) is 0 Å². The van der Waals surface area contributed by atoms with Crippen LogP contribution in [0.5, 0.6) is 0 Å². The van der Waals surface area contributed by atoms with E-state index >= 15 is 0 Å². The van der Waals surface area contributed by atoms with Crippen LogP contribution in [0.2, 0.25) is 0 Å². The minimum atomic E-state index is -0.128. The maximum Gasteiger partial charge on any atom is 0.185 e. The summed E-state index contributed by atoms with van der Waals surface area (Å²) >= 11 is 0. The van der Waals surface area contributed by atoms with Crippen molar-refractivity contribution in [3.63, 3.8) is 0 Å². The summed E-state index contributed by atoms with van der Waals surface area (Å²) in [5.74, 6) is -0.128. The van der Waals surface area contributed by atoms with Crippen LogP contribution in [0.1, 0.15) is 27.2 Å². The van der Waals surface area contributed by atoms with Crippen LogP contribution in [0.4, 0.5) is 0 Å². The number of nitrogens with one attached hydrogen (secondary N) is 1. The van der Waals surface area contributed by atoms with E-state index in [-0.39, 0.29) is 18.8 Å². The molecule has 0 aliphatic rings. The second-order valence-corrected chi connectivity index (χ2v) is 6.37. The average molecular weight is 371 g/mol. The summed E-state index contributed by atoms with van der Waals surface area (Å²) in [5.41, 5.74) is 4.31. The molecule has 0 radical (unpaired) electrons. The summed E-state index contributed by atoms with van der Waals surface area (Å²) in [6, 6.07) is 21.1. The van der Waals surface area contributed by atoms with Gasteiger partial charge in [-0.1, -0.05) is 54.6 Å². The Morgan fingerprint density at radius 1 is 1.07 bits per heavy atom. The predicted octanol–water partition coefficient (Wildman–Crippen LogP) is 3.13. The number of hydrogen-bond donors (Lipinski definition) is 2. The molecule has 3 rings (SSSR count). The Labute approximate surface area is 164 Å². The minimum absolute atomic E-state index is 0.0767. The van der Waals surface area contributed by atoms with Crippen LogP contribution in [-0.2, 0) is 13.0 Å². The molecule has 0 bridgehead atoms. The normalized spacial score (nSPS) is 10.4. The Bertz CT molecular complexity index is 977. The molecule has 3 aromatic rings. The maximum atomic E-state index is 12.7. The van der Waals surface area contributed by atoms with Gasteiger partial charge in [-0.3, -0.25) is 9.78 Å². The molecule has 0 unspecified atom stereocenters. The fourth-order valence-electron chi connectivity index (χ4n) is 3.01. The molecule has 1 heterocycles. The van der Waals surface area contributed by atoms with Gasteiger partial charge >= 0.3 is 0 Å². The predicted molar refractivity (Wildman–Crippen MR) is 108 cm³/mol. The Kier molecular flexibility index (Phi) is 6.64. The van der Waals surface area contributed by atoms with Crippen LogP contribution in [-0.4, -0.2) is 29.0 Å². The lowest BCUT2D eigenvalue weighted by molar-refractivity contribution is 0.0988. The van der Waals surface area contributed by atoms with Crippen molar-refractivity contribution >= 4 is 5.78 Å². The number of aliphatic hydroxyl groups excluding tert-OH is 1. The standard InChI is InChI=1S/C23H21N3O2/c24-14-21-19(7-4-8-20(21)18-5-2-1-3-6-18)13-23(28)22-10-9-17(16-26-22)15-25-11-12-27/h1-10,16,25,27H,11-13,15H2. The number of carbonyl (C=O) groups excluding carboxylic acids is 1. The van der Waals surface area contributed by atoms with Gasteiger partial charge in [-0.15, -0.1) is 0 Å². The minimum Gasteiger partial charge on any atom is -0.395 e. The zero-order valence-electron chi connectivity index (χ0n) is 15.4. The van der Waals surface area contributed by atoms with Crippen molar-refractivity contribution in [1.29, 1.82) is 5.26 Å². The highest BCUT2D eigenvalue weighted by Gasteiger charge is 2.15. The molecule has 0 aliphatic carbocycles. The van der Waals surface area contributed by atoms with Gasteiger partial charge in [0.05, 0.1) is 12.2 Å². The topological polar surface area (TPSA) is 86.0 Å². The summed E-state index contributed by atoms with van der Waals surface area (Å²) in [6.07, 6.45) is 1.78. The highest BCUT2D eigenvalue weighted by atomic mass is 16.3. The number of nitrogens with zero attached hydrogens (tertiary/aromatic N) is 2. The molecule has 0 fully saturated rings. The number of rotatable bonds is 8. The van der Waals surface area contributed by atoms with E-state index in [0.717, 1.165) is 16.7 Å². The quantitative estimate of drug-likeness (QED) is 0.469. The second-order valence-electron chi connectivity index (χ2n) is 6.37. The lowest BCUT2D eigenvalue weighted by atomic mass is 9.93. The molecule has 5 nitrogen and oxygen atoms in total. The van der Waals surface area contributed by atoms with Gasteiger partial charge in [0.1, 0.15) is 11.8 Å². The second kappa shape index (κ2) is 9.56. The lowest BCUT2D eigenvalue weighted by Gasteiger charge is -2.09. The van der Waals surface area contributed by atoms with Gasteiger partial charge in [-0.25, -0.2) is 0 Å². The van der Waals surface area contributed by atoms with E-state index in [0.29, 0.717) is 29.9 Å². The first-order valence-electron chi connectivity index (χ1n) is 9.10. The first-order chi connectivity index (χ1) is 13.7. The third kappa shape index (κ3) is 4.68. The van der Waals surface area contributed by atoms with Crippen LogP contribution >= 0.6 is 0 Å². The first-order valence-corrected chi connectivity index (χ1v) is 9.10. The Morgan fingerprint density at radius 3 is 2.57 bits per heavy atom. The van der Waals surface area contributed by atoms with Crippen molar-refractivity contribution in [1.82, 2.24) is 10.3 Å². The van der Waals surface area contributed by atoms with Gasteiger partial charge in [0.2, 0.25) is 0 Å². The summed E-state index contributed by atoms with van der Waals surface area (Å²) in [5, 5.41) is 21.5. The van der Waals surface area contributed by atoms with Crippen molar-refractivity contribution in [2.45, 2.75) is 13.0 Å². The number of hydrogen-bond acceptors (Lipinski definition) is 5. The molecule has 0 spiro atoms. The molecule has 2 N–H and O–H groups in total. The molecule has 0 saturated heterocycles. The van der Waals surface area contributed by atoms with E-state index in [2.05, 4.69) is 16.4 Å². The summed E-state index contributed by atoms with van der Waals surface area (Å²) < 4.78 is 0. The third-order valence-electron chi connectivity index (χ3n) is 4.43. The monoisotopic (exact) mass is 371 g/mol. The van der Waals surface area contributed by atoms with E-state index in [1.165, 1.54) is 0 Å². The fraction of sp³-hybridized carbons (Fsp3) is 0.174. The maximum absolute atomic E-state index is 12.7. The lowest BCUT2D eigenvalue weighted by Crippen LogP contribution is -2.17. The zero-order valence-corrected chi connectivity index (χ0v) is 15.4. The Hall–Kier alpha value is -3.33. The van der Waals surface area contributed by atoms with Gasteiger partial charge in [-0.05, 0) is 28.3 Å². The van der Waals surface area contributed by atoms with Crippen LogP contribution < -0.4 is 5.32 Å². The molecule has 0 saturated carbocycles. The third-order valence-corrected chi connectivity index (χ3v) is 4.43. The summed E-state index contributed by atoms with van der Waals surface area (Å²) in [4.78, 5) is 16.9. The molecular weight excluding hydrogens is 350 g/mol. The van der Waals surface area contributed by atoms with Gasteiger partial charge in [0.15, 0.2) is 5.78 Å². The number of Topliss-reactive ketones (excluding diaryl/α,β-unsaturated/α-hetero) is 1. The molecular formula is C23H21N3O2. The van der Waals surface area contributed by atoms with Crippen molar-refractivity contribution in [3.8, 4) is 17.2 Å². The Balaban J connectivity index is 1.78. The van der Waals surface area contributed by atoms with E-state index in [1.54, 1.807) is 12.3 Å². The van der Waals surface area contributed by atoms with Crippen LogP contribution in [0, 0.1) is 11.3 Å². The van der Waals surface area contributed by atoms with Gasteiger partial charge < -0.3 is 10.4 Å². The number of benzene rings is 2. The molecule has 140 valence electrons. The Morgan fingerprint density at radius 2 is 1.89 bits per heavy atom. The van der Waals surface area contributed by atoms with E-state index in [9.17, 15) is 10.1 Å². The molecule has 2 aromatic carbocycles. The number of nitriles is 1. The number of pyridine rings is 1. The molecule has 1 aromatic heterocycles. The fourth-order valence-corrected chi connectivity index (χ4v) is 3.01. The number of carbonyl (C=O) groups is 1. The summed E-state index contributed by atoms with van der Waals surface area (Å²) in [7, 11) is 0. The SMILES string of the molecule is N#Cc1c(CC(=O)c2ccc(CNCCO)cn2)cccc1-c1ccccc1. The molecule has 28 heavy (non-hydrogen) atoms. The molecule has 0 amide bonds. The van der Waals surface area contributed by atoms with E-state index < -0.39 is 0 Å². The van der Waals surface area contributed by atoms with Crippen LogP contribution in [0.15, 0.2) is 66.9 Å². The zero-order chi connectivity index (χ0) is 19.8. The number of aliphatic hydroxyl groups is 1.